The molecular weight excluding hydrogens is 314 g/mol. The van der Waals surface area contributed by atoms with Gasteiger partial charge in [0.2, 0.25) is 5.79 Å². The summed E-state index contributed by atoms with van der Waals surface area (Å²) in [5, 5.41) is 10.5. The Morgan fingerprint density at radius 2 is 2.00 bits per heavy atom. The first kappa shape index (κ1) is 18.9. The van der Waals surface area contributed by atoms with Gasteiger partial charge in [-0.3, -0.25) is 9.59 Å². The molecule has 0 aliphatic carbocycles. The zero-order valence-corrected chi connectivity index (χ0v) is 14.5. The summed E-state index contributed by atoms with van der Waals surface area (Å²) in [5.41, 5.74) is 0. The fraction of sp³-hybridized carbons (Fsp3) is 0.824. The molecule has 1 amide bonds. The Bertz CT molecular complexity index is 493. The Kier molecular flexibility index (Phi) is 6.34. The maximum Gasteiger partial charge on any atom is 0.328 e. The fourth-order valence-corrected chi connectivity index (χ4v) is 3.25. The van der Waals surface area contributed by atoms with Crippen molar-refractivity contribution in [2.24, 2.45) is 5.92 Å². The minimum absolute atomic E-state index is 0.238. The van der Waals surface area contributed by atoms with Crippen molar-refractivity contribution in [1.82, 2.24) is 4.90 Å². The van der Waals surface area contributed by atoms with Crippen LogP contribution in [0.1, 0.15) is 52.4 Å². The third kappa shape index (κ3) is 3.78. The Labute approximate surface area is 142 Å². The molecule has 0 aromatic rings. The number of rotatable bonds is 5. The molecule has 136 valence electrons. The minimum atomic E-state index is -2.09. The number of carbonyl (C=O) groups excluding carboxylic acids is 3. The van der Waals surface area contributed by atoms with E-state index in [1.165, 1.54) is 4.90 Å². The number of nitrogens with zero attached hydrogens (tertiary/aromatic N) is 1. The first-order chi connectivity index (χ1) is 11.4. The van der Waals surface area contributed by atoms with Gasteiger partial charge in [-0.25, -0.2) is 4.79 Å². The van der Waals surface area contributed by atoms with E-state index in [4.69, 9.17) is 9.47 Å². The molecule has 2 aliphatic rings. The normalized spacial score (nSPS) is 30.7. The minimum Gasteiger partial charge on any atom is -0.464 e. The molecule has 2 fully saturated rings. The first-order valence-electron chi connectivity index (χ1n) is 8.80. The van der Waals surface area contributed by atoms with Gasteiger partial charge in [0.25, 0.3) is 11.7 Å². The number of amides is 1. The summed E-state index contributed by atoms with van der Waals surface area (Å²) in [4.78, 5) is 38.7. The molecule has 24 heavy (non-hydrogen) atoms. The van der Waals surface area contributed by atoms with Crippen LogP contribution in [0.5, 0.6) is 0 Å². The quantitative estimate of drug-likeness (QED) is 0.593. The predicted molar refractivity (Wildman–Crippen MR) is 84.9 cm³/mol. The first-order valence-corrected chi connectivity index (χ1v) is 8.80. The van der Waals surface area contributed by atoms with Crippen molar-refractivity contribution in [3.05, 3.63) is 0 Å². The van der Waals surface area contributed by atoms with Gasteiger partial charge < -0.3 is 19.5 Å². The van der Waals surface area contributed by atoms with E-state index in [-0.39, 0.29) is 13.2 Å². The van der Waals surface area contributed by atoms with Gasteiger partial charge in [-0.05, 0) is 38.5 Å². The second kappa shape index (κ2) is 8.07. The van der Waals surface area contributed by atoms with Gasteiger partial charge in [-0.2, -0.15) is 0 Å². The largest absolute Gasteiger partial charge is 0.464 e. The molecule has 0 spiro atoms. The number of likely N-dealkylation sites (tertiary alicyclic amines) is 1. The summed E-state index contributed by atoms with van der Waals surface area (Å²) in [6.45, 7) is 4.41. The van der Waals surface area contributed by atoms with Crippen LogP contribution in [-0.2, 0) is 23.9 Å². The van der Waals surface area contributed by atoms with Gasteiger partial charge in [0.05, 0.1) is 13.2 Å². The van der Waals surface area contributed by atoms with Crippen molar-refractivity contribution in [2.45, 2.75) is 64.2 Å². The van der Waals surface area contributed by atoms with Crippen LogP contribution in [0.3, 0.4) is 0 Å². The molecule has 2 aliphatic heterocycles. The van der Waals surface area contributed by atoms with E-state index >= 15 is 0 Å². The Balaban J connectivity index is 2.12. The van der Waals surface area contributed by atoms with E-state index < -0.39 is 35.4 Å². The fourth-order valence-electron chi connectivity index (χ4n) is 3.25. The number of hydrogen-bond acceptors (Lipinski definition) is 6. The SMILES string of the molecule is CCCOC(=O)C1CCCCN1C(=O)C(=O)C1(O)OCCCC1C. The topological polar surface area (TPSA) is 93.1 Å². The molecule has 3 atom stereocenters. The van der Waals surface area contributed by atoms with E-state index in [1.807, 2.05) is 6.92 Å². The average molecular weight is 341 g/mol. The lowest BCUT2D eigenvalue weighted by atomic mass is 9.88. The molecule has 2 saturated heterocycles. The Morgan fingerprint density at radius 3 is 2.67 bits per heavy atom. The summed E-state index contributed by atoms with van der Waals surface area (Å²) in [6, 6.07) is -0.760. The number of hydrogen-bond donors (Lipinski definition) is 1. The highest BCUT2D eigenvalue weighted by Crippen LogP contribution is 2.31. The monoisotopic (exact) mass is 341 g/mol. The molecule has 0 bridgehead atoms. The summed E-state index contributed by atoms with van der Waals surface area (Å²) in [5.74, 6) is -4.88. The molecular formula is C17H27NO6. The summed E-state index contributed by atoms with van der Waals surface area (Å²) >= 11 is 0. The van der Waals surface area contributed by atoms with E-state index in [2.05, 4.69) is 0 Å². The third-order valence-electron chi connectivity index (χ3n) is 4.78. The van der Waals surface area contributed by atoms with E-state index in [0.717, 1.165) is 12.8 Å². The Hall–Kier alpha value is -1.47. The standard InChI is InChI=1S/C17H27NO6/c1-3-10-23-16(21)13-8-4-5-9-18(13)15(20)14(19)17(22)12(2)7-6-11-24-17/h12-13,22H,3-11H2,1-2H3. The van der Waals surface area contributed by atoms with Crippen LogP contribution < -0.4 is 0 Å². The van der Waals surface area contributed by atoms with Crippen molar-refractivity contribution < 1.29 is 29.0 Å². The Morgan fingerprint density at radius 1 is 1.25 bits per heavy atom. The second-order valence-electron chi connectivity index (χ2n) is 6.59. The van der Waals surface area contributed by atoms with Crippen LogP contribution in [0.2, 0.25) is 0 Å². The van der Waals surface area contributed by atoms with E-state index in [0.29, 0.717) is 32.2 Å². The molecule has 1 N–H and O–H groups in total. The molecule has 3 unspecified atom stereocenters. The smallest absolute Gasteiger partial charge is 0.328 e. The number of ether oxygens (including phenoxy) is 2. The average Bonchev–Trinajstić information content (AvgIpc) is 2.61. The molecule has 2 heterocycles. The number of esters is 1. The van der Waals surface area contributed by atoms with Crippen LogP contribution >= 0.6 is 0 Å². The molecule has 0 saturated carbocycles. The highest BCUT2D eigenvalue weighted by molar-refractivity contribution is 6.39. The zero-order valence-electron chi connectivity index (χ0n) is 14.5. The third-order valence-corrected chi connectivity index (χ3v) is 4.78. The number of aliphatic hydroxyl groups is 1. The van der Waals surface area contributed by atoms with Gasteiger partial charge in [-0.15, -0.1) is 0 Å². The van der Waals surface area contributed by atoms with Crippen molar-refractivity contribution >= 4 is 17.7 Å². The molecule has 0 radical (unpaired) electrons. The van der Waals surface area contributed by atoms with Crippen molar-refractivity contribution in [3.63, 3.8) is 0 Å². The van der Waals surface area contributed by atoms with Gasteiger partial charge >= 0.3 is 5.97 Å². The molecule has 7 nitrogen and oxygen atoms in total. The van der Waals surface area contributed by atoms with Crippen LogP contribution in [0.25, 0.3) is 0 Å². The van der Waals surface area contributed by atoms with Crippen molar-refractivity contribution in [3.8, 4) is 0 Å². The number of ketones is 1. The molecule has 0 aromatic carbocycles. The molecule has 2 rings (SSSR count). The summed E-state index contributed by atoms with van der Waals surface area (Å²) in [7, 11) is 0. The zero-order chi connectivity index (χ0) is 17.7. The highest BCUT2D eigenvalue weighted by Gasteiger charge is 2.50. The lowest BCUT2D eigenvalue weighted by Crippen LogP contribution is -2.59. The molecule has 7 heteroatoms. The lowest BCUT2D eigenvalue weighted by molar-refractivity contribution is -0.240. The summed E-state index contributed by atoms with van der Waals surface area (Å²) in [6.07, 6.45) is 4.01. The van der Waals surface area contributed by atoms with Crippen LogP contribution in [0.15, 0.2) is 0 Å². The van der Waals surface area contributed by atoms with Crippen LogP contribution in [-0.4, -0.2) is 59.3 Å². The maximum atomic E-state index is 12.7. The highest BCUT2D eigenvalue weighted by atomic mass is 16.6. The maximum absolute atomic E-state index is 12.7. The van der Waals surface area contributed by atoms with Gasteiger partial charge in [0.15, 0.2) is 0 Å². The number of piperidine rings is 1. The summed E-state index contributed by atoms with van der Waals surface area (Å²) < 4.78 is 10.4. The second-order valence-corrected chi connectivity index (χ2v) is 6.59. The van der Waals surface area contributed by atoms with E-state index in [1.54, 1.807) is 6.92 Å². The van der Waals surface area contributed by atoms with Crippen LogP contribution in [0.4, 0.5) is 0 Å². The number of Topliss-reactive ketones (excluding diaryl/α,β-unsaturated/α-hetero) is 1. The number of carbonyl (C=O) groups is 3. The molecule has 0 aromatic heterocycles. The van der Waals surface area contributed by atoms with Gasteiger partial charge in [0, 0.05) is 12.5 Å². The van der Waals surface area contributed by atoms with Crippen molar-refractivity contribution in [1.29, 1.82) is 0 Å². The van der Waals surface area contributed by atoms with E-state index in [9.17, 15) is 19.5 Å². The van der Waals surface area contributed by atoms with Crippen molar-refractivity contribution in [2.75, 3.05) is 19.8 Å². The van der Waals surface area contributed by atoms with Gasteiger partial charge in [-0.1, -0.05) is 13.8 Å². The van der Waals surface area contributed by atoms with Gasteiger partial charge in [0.1, 0.15) is 6.04 Å². The predicted octanol–water partition coefficient (Wildman–Crippen LogP) is 1.02. The lowest BCUT2D eigenvalue weighted by Gasteiger charge is -2.39. The van der Waals surface area contributed by atoms with Crippen LogP contribution in [0, 0.1) is 5.92 Å².